The quantitative estimate of drug-likeness (QED) is 0.430. The molecule has 8 heavy (non-hydrogen) atoms. The predicted molar refractivity (Wildman–Crippen MR) is 30.5 cm³/mol. The fourth-order valence-corrected chi connectivity index (χ4v) is 0. The predicted octanol–water partition coefficient (Wildman–Crippen LogP) is -0.0337. The van der Waals surface area contributed by atoms with Gasteiger partial charge in [0.15, 0.2) is 0 Å². The molecule has 0 bridgehead atoms. The van der Waals surface area contributed by atoms with E-state index >= 15 is 0 Å². The van der Waals surface area contributed by atoms with Crippen LogP contribution in [-0.4, -0.2) is 46.5 Å². The molecule has 0 amide bonds. The molecule has 0 atom stereocenters. The maximum absolute atomic E-state index is 9.24. The molecule has 1 N–H and O–H groups in total. The third kappa shape index (κ3) is 30.5. The molecule has 2 nitrogen and oxygen atoms in total. The molecule has 0 spiro atoms. The van der Waals surface area contributed by atoms with E-state index in [1.54, 1.807) is 0 Å². The van der Waals surface area contributed by atoms with Gasteiger partial charge in [-0.2, -0.15) is 0 Å². The summed E-state index contributed by atoms with van der Waals surface area (Å²) < 4.78 is 0. The van der Waals surface area contributed by atoms with Crippen LogP contribution >= 0.6 is 11.6 Å². The fraction of sp³-hybridized carbons (Fsp3) is 0.500. The van der Waals surface area contributed by atoms with E-state index in [0.717, 1.165) is 0 Å². The Kier molecular flexibility index (Phi) is 45.9. The molecule has 0 saturated heterocycles. The van der Waals surface area contributed by atoms with Gasteiger partial charge in [-0.15, -0.1) is 11.6 Å². The van der Waals surface area contributed by atoms with Gasteiger partial charge >= 0.3 is 35.5 Å². The van der Waals surface area contributed by atoms with Crippen molar-refractivity contribution in [3.8, 4) is 0 Å². The Morgan fingerprint density at radius 1 is 1.50 bits per heavy atom. The topological polar surface area (TPSA) is 37.3 Å². The van der Waals surface area contributed by atoms with Gasteiger partial charge in [0.1, 0.15) is 5.88 Å². The maximum atomic E-state index is 9.24. The van der Waals surface area contributed by atoms with Crippen molar-refractivity contribution in [3.63, 3.8) is 0 Å². The van der Waals surface area contributed by atoms with Crippen LogP contribution in [0.4, 0.5) is 9.41 Å². The van der Waals surface area contributed by atoms with Crippen molar-refractivity contribution in [1.29, 1.82) is 0 Å². The number of alkyl halides is 1. The summed E-state index contributed by atoms with van der Waals surface area (Å²) in [7, 11) is 0. The summed E-state index contributed by atoms with van der Waals surface area (Å²) in [5, 5.41) is 7.59. The van der Waals surface area contributed by atoms with Crippen LogP contribution in [0.25, 0.3) is 0 Å². The molecule has 6 heteroatoms. The van der Waals surface area contributed by atoms with Gasteiger partial charge in [-0.25, -0.2) is 0 Å². The Balaban J connectivity index is -0.0000000267. The number of aliphatic carboxylic acids is 1. The van der Waals surface area contributed by atoms with E-state index in [0.29, 0.717) is 0 Å². The molecular weight excluding hydrogens is 152 g/mol. The van der Waals surface area contributed by atoms with Gasteiger partial charge in [0.2, 0.25) is 0 Å². The second-order valence-electron chi connectivity index (χ2n) is 0.527. The fourth-order valence-electron chi connectivity index (χ4n) is 0. The van der Waals surface area contributed by atoms with E-state index in [1.807, 2.05) is 0 Å². The second-order valence-corrected chi connectivity index (χ2v) is 0.795. The zero-order valence-corrected chi connectivity index (χ0v) is 4.01. The van der Waals surface area contributed by atoms with Crippen LogP contribution in [-0.2, 0) is 4.79 Å². The summed E-state index contributed by atoms with van der Waals surface area (Å²) in [5.41, 5.74) is 0. The van der Waals surface area contributed by atoms with Crippen molar-refractivity contribution < 1.29 is 19.3 Å². The molecule has 0 aliphatic heterocycles. The first-order valence-electron chi connectivity index (χ1n) is 1.05. The number of rotatable bonds is 1. The molecule has 0 aliphatic rings. The molecule has 0 rings (SSSR count). The van der Waals surface area contributed by atoms with Gasteiger partial charge in [-0.05, 0) is 0 Å². The number of carboxylic acids is 1. The van der Waals surface area contributed by atoms with Gasteiger partial charge in [0, 0.05) is 0 Å². The van der Waals surface area contributed by atoms with Crippen molar-refractivity contribution in [2.45, 2.75) is 0 Å². The van der Waals surface area contributed by atoms with Gasteiger partial charge in [-0.3, -0.25) is 14.2 Å². The molecule has 0 radical (unpaired) electrons. The molecule has 0 heterocycles. The van der Waals surface area contributed by atoms with Crippen LogP contribution in [0.1, 0.15) is 0 Å². The summed E-state index contributed by atoms with van der Waals surface area (Å²) >= 11 is 4.74. The second kappa shape index (κ2) is 15.6. The van der Waals surface area contributed by atoms with Gasteiger partial charge in [-0.1, -0.05) is 0 Å². The standard InChI is InChI=1S/C2H3ClO2.2FH.Na.H/c3-1-2(4)5;;;;/h1H2,(H,4,5);2*1H;;. The zero-order chi connectivity index (χ0) is 4.28. The van der Waals surface area contributed by atoms with E-state index in [1.165, 1.54) is 0 Å². The summed E-state index contributed by atoms with van der Waals surface area (Å²) in [5.74, 6) is -1.29. The molecule has 0 aromatic carbocycles. The molecule has 0 aromatic rings. The Labute approximate surface area is 72.2 Å². The summed E-state index contributed by atoms with van der Waals surface area (Å²) in [6.45, 7) is 0. The van der Waals surface area contributed by atoms with E-state index < -0.39 is 5.97 Å². The molecule has 0 aromatic heterocycles. The van der Waals surface area contributed by atoms with Crippen LogP contribution in [0.2, 0.25) is 0 Å². The first kappa shape index (κ1) is 23.4. The van der Waals surface area contributed by atoms with E-state index in [2.05, 4.69) is 0 Å². The van der Waals surface area contributed by atoms with Crippen molar-refractivity contribution in [1.82, 2.24) is 0 Å². The third-order valence-corrected chi connectivity index (χ3v) is 0.343. The van der Waals surface area contributed by atoms with Crippen LogP contribution in [0.5, 0.6) is 0 Å². The van der Waals surface area contributed by atoms with Crippen molar-refractivity contribution in [3.05, 3.63) is 0 Å². The van der Waals surface area contributed by atoms with E-state index in [9.17, 15) is 4.79 Å². The number of hydrogen-bond acceptors (Lipinski definition) is 1. The summed E-state index contributed by atoms with van der Waals surface area (Å²) in [4.78, 5) is 9.24. The Hall–Kier alpha value is 0.620. The van der Waals surface area contributed by atoms with Crippen molar-refractivity contribution in [2.24, 2.45) is 0 Å². The molecule has 0 fully saturated rings. The molecule has 0 saturated carbocycles. The Morgan fingerprint density at radius 3 is 1.62 bits per heavy atom. The number of carboxylic acid groups (broad SMARTS) is 1. The monoisotopic (exact) mass is 158 g/mol. The van der Waals surface area contributed by atoms with Crippen LogP contribution in [0.15, 0.2) is 0 Å². The molecular formula is C2H6ClF2NaO2. The first-order valence-corrected chi connectivity index (χ1v) is 1.58. The number of carbonyl (C=O) groups is 1. The van der Waals surface area contributed by atoms with Crippen molar-refractivity contribution >= 4 is 47.1 Å². The minimum absolute atomic E-state index is 0. The third-order valence-electron chi connectivity index (χ3n) is 0.114. The van der Waals surface area contributed by atoms with Gasteiger partial charge in [0.25, 0.3) is 0 Å². The first-order chi connectivity index (χ1) is 2.27. The van der Waals surface area contributed by atoms with Crippen LogP contribution in [0, 0.1) is 0 Å². The summed E-state index contributed by atoms with van der Waals surface area (Å²) in [6, 6.07) is 0. The normalized spacial score (nSPS) is 4.62. The number of hydrogen-bond donors (Lipinski definition) is 1. The average molecular weight is 159 g/mol. The van der Waals surface area contributed by atoms with E-state index in [4.69, 9.17) is 16.7 Å². The van der Waals surface area contributed by atoms with Crippen molar-refractivity contribution in [2.75, 3.05) is 5.88 Å². The van der Waals surface area contributed by atoms with Gasteiger partial charge in [0.05, 0.1) is 0 Å². The molecule has 0 aliphatic carbocycles. The van der Waals surface area contributed by atoms with E-state index in [-0.39, 0.29) is 44.8 Å². The minimum atomic E-state index is -0.980. The molecule has 48 valence electrons. The van der Waals surface area contributed by atoms with Gasteiger partial charge < -0.3 is 5.11 Å². The van der Waals surface area contributed by atoms with Crippen LogP contribution in [0.3, 0.4) is 0 Å². The average Bonchev–Trinajstić information content (AvgIpc) is 1.38. The number of halogens is 3. The Bertz CT molecular complexity index is 53.3. The molecule has 0 unspecified atom stereocenters. The van der Waals surface area contributed by atoms with Crippen LogP contribution < -0.4 is 0 Å². The SMILES string of the molecule is F.F.O=C(O)CCl.[NaH]. The zero-order valence-electron chi connectivity index (χ0n) is 3.26. The summed E-state index contributed by atoms with van der Waals surface area (Å²) in [6.07, 6.45) is 0. The Morgan fingerprint density at radius 2 is 1.62 bits per heavy atom.